The van der Waals surface area contributed by atoms with Gasteiger partial charge in [0.25, 0.3) is 5.91 Å². The Morgan fingerprint density at radius 3 is 2.67 bits per heavy atom. The lowest BCUT2D eigenvalue weighted by Gasteiger charge is -2.18. The third-order valence-corrected chi connectivity index (χ3v) is 5.08. The number of nitrogens with one attached hydrogen (secondary N) is 1. The monoisotopic (exact) mass is 361 g/mol. The highest BCUT2D eigenvalue weighted by Crippen LogP contribution is 2.37. The zero-order valence-corrected chi connectivity index (χ0v) is 15.8. The molecule has 5 heteroatoms. The summed E-state index contributed by atoms with van der Waals surface area (Å²) in [7, 11) is 3.93. The average molecular weight is 361 g/mol. The molecule has 1 aromatic heterocycles. The highest BCUT2D eigenvalue weighted by Gasteiger charge is 2.35. The molecule has 0 bridgehead atoms. The first-order valence-corrected chi connectivity index (χ1v) is 9.14. The summed E-state index contributed by atoms with van der Waals surface area (Å²) in [5, 5.41) is 4.10. The summed E-state index contributed by atoms with van der Waals surface area (Å²) in [4.78, 5) is 19.4. The van der Waals surface area contributed by atoms with Gasteiger partial charge in [0, 0.05) is 37.5 Å². The fraction of sp³-hybridized carbons (Fsp3) is 0.273. The number of hydrogen-bond acceptors (Lipinski definition) is 4. The van der Waals surface area contributed by atoms with Crippen LogP contribution in [0.2, 0.25) is 0 Å². The molecule has 0 radical (unpaired) electrons. The maximum atomic E-state index is 12.8. The second-order valence-corrected chi connectivity index (χ2v) is 7.13. The molecule has 0 fully saturated rings. The molecule has 4 rings (SSSR count). The van der Waals surface area contributed by atoms with Crippen molar-refractivity contribution in [1.82, 2.24) is 10.3 Å². The van der Waals surface area contributed by atoms with Crippen molar-refractivity contribution < 1.29 is 9.53 Å². The molecule has 5 nitrogen and oxygen atoms in total. The van der Waals surface area contributed by atoms with E-state index in [0.29, 0.717) is 6.54 Å². The van der Waals surface area contributed by atoms with Crippen LogP contribution in [0.1, 0.15) is 24.0 Å². The SMILES string of the molecule is C[C@H]1c2ccccc2O[C@@H]1C(=O)NCc1cc(N(C)C)nc2ccccc12. The van der Waals surface area contributed by atoms with Gasteiger partial charge in [0.2, 0.25) is 0 Å². The van der Waals surface area contributed by atoms with E-state index in [1.54, 1.807) is 0 Å². The lowest BCUT2D eigenvalue weighted by molar-refractivity contribution is -0.128. The highest BCUT2D eigenvalue weighted by molar-refractivity contribution is 5.86. The molecule has 2 heterocycles. The van der Waals surface area contributed by atoms with Gasteiger partial charge in [-0.15, -0.1) is 0 Å². The van der Waals surface area contributed by atoms with E-state index in [1.807, 2.05) is 80.5 Å². The fourth-order valence-electron chi connectivity index (χ4n) is 3.54. The van der Waals surface area contributed by atoms with E-state index in [-0.39, 0.29) is 11.8 Å². The standard InChI is InChI=1S/C22H23N3O2/c1-14-16-8-5-7-11-19(16)27-21(14)22(26)23-13-15-12-20(25(2)3)24-18-10-6-4-9-17(15)18/h4-12,14,21H,13H2,1-3H3,(H,23,26)/t14-,21-/m0/s1. The second-order valence-electron chi connectivity index (χ2n) is 7.13. The minimum absolute atomic E-state index is 0.0349. The number of fused-ring (bicyclic) bond motifs is 2. The van der Waals surface area contributed by atoms with E-state index in [4.69, 9.17) is 4.74 Å². The van der Waals surface area contributed by atoms with E-state index in [2.05, 4.69) is 10.3 Å². The molecule has 0 unspecified atom stereocenters. The van der Waals surface area contributed by atoms with Gasteiger partial charge >= 0.3 is 0 Å². The number of para-hydroxylation sites is 2. The molecule has 2 aromatic carbocycles. The number of pyridine rings is 1. The zero-order chi connectivity index (χ0) is 19.0. The van der Waals surface area contributed by atoms with Crippen LogP contribution in [-0.4, -0.2) is 31.1 Å². The van der Waals surface area contributed by atoms with Gasteiger partial charge in [-0.2, -0.15) is 0 Å². The highest BCUT2D eigenvalue weighted by atomic mass is 16.5. The quantitative estimate of drug-likeness (QED) is 0.773. The van der Waals surface area contributed by atoms with E-state index in [9.17, 15) is 4.79 Å². The van der Waals surface area contributed by atoms with Crippen molar-refractivity contribution in [3.05, 3.63) is 65.7 Å². The normalized spacial score (nSPS) is 18.0. The van der Waals surface area contributed by atoms with Crippen LogP contribution in [0.25, 0.3) is 10.9 Å². The molecule has 1 amide bonds. The fourth-order valence-corrected chi connectivity index (χ4v) is 3.54. The van der Waals surface area contributed by atoms with Gasteiger partial charge < -0.3 is 15.0 Å². The maximum Gasteiger partial charge on any atom is 0.261 e. The molecule has 3 aromatic rings. The van der Waals surface area contributed by atoms with Crippen molar-refractivity contribution in [3.63, 3.8) is 0 Å². The number of hydrogen-bond donors (Lipinski definition) is 1. The van der Waals surface area contributed by atoms with Gasteiger partial charge in [-0.25, -0.2) is 4.98 Å². The number of aromatic nitrogens is 1. The smallest absolute Gasteiger partial charge is 0.261 e. The molecule has 138 valence electrons. The van der Waals surface area contributed by atoms with Crippen LogP contribution in [-0.2, 0) is 11.3 Å². The van der Waals surface area contributed by atoms with E-state index >= 15 is 0 Å². The molecular formula is C22H23N3O2. The molecule has 0 saturated heterocycles. The van der Waals surface area contributed by atoms with E-state index in [1.165, 1.54) is 0 Å². The number of benzene rings is 2. The van der Waals surface area contributed by atoms with Crippen LogP contribution < -0.4 is 15.0 Å². The summed E-state index contributed by atoms with van der Waals surface area (Å²) < 4.78 is 5.89. The summed E-state index contributed by atoms with van der Waals surface area (Å²) in [5.74, 6) is 1.61. The van der Waals surface area contributed by atoms with Crippen molar-refractivity contribution in [2.24, 2.45) is 0 Å². The summed E-state index contributed by atoms with van der Waals surface area (Å²) in [6, 6.07) is 17.9. The van der Waals surface area contributed by atoms with Gasteiger partial charge in [-0.1, -0.05) is 43.3 Å². The van der Waals surface area contributed by atoms with Crippen molar-refractivity contribution in [1.29, 1.82) is 0 Å². The van der Waals surface area contributed by atoms with Crippen LogP contribution in [0.5, 0.6) is 5.75 Å². The summed E-state index contributed by atoms with van der Waals surface area (Å²) in [6.07, 6.45) is -0.496. The Kier molecular flexibility index (Phi) is 4.44. The lowest BCUT2D eigenvalue weighted by atomic mass is 9.97. The maximum absolute atomic E-state index is 12.8. The van der Waals surface area contributed by atoms with E-state index < -0.39 is 6.10 Å². The lowest BCUT2D eigenvalue weighted by Crippen LogP contribution is -2.38. The van der Waals surface area contributed by atoms with Crippen molar-refractivity contribution in [2.45, 2.75) is 25.5 Å². The summed E-state index contributed by atoms with van der Waals surface area (Å²) in [5.41, 5.74) is 3.05. The number of carbonyl (C=O) groups excluding carboxylic acids is 1. The van der Waals surface area contributed by atoms with Crippen molar-refractivity contribution >= 4 is 22.6 Å². The predicted octanol–water partition coefficient (Wildman–Crippen LogP) is 3.48. The predicted molar refractivity (Wildman–Crippen MR) is 107 cm³/mol. The first-order valence-electron chi connectivity index (χ1n) is 9.14. The molecule has 0 aliphatic carbocycles. The average Bonchev–Trinajstić information content (AvgIpc) is 3.02. The van der Waals surface area contributed by atoms with Gasteiger partial charge in [0.05, 0.1) is 5.52 Å². The van der Waals surface area contributed by atoms with Gasteiger partial charge in [0.1, 0.15) is 11.6 Å². The molecule has 1 N–H and O–H groups in total. The number of ether oxygens (including phenoxy) is 1. The van der Waals surface area contributed by atoms with Crippen molar-refractivity contribution in [2.75, 3.05) is 19.0 Å². The van der Waals surface area contributed by atoms with Crippen LogP contribution in [0.15, 0.2) is 54.6 Å². The van der Waals surface area contributed by atoms with Crippen LogP contribution >= 0.6 is 0 Å². The number of carbonyl (C=O) groups is 1. The van der Waals surface area contributed by atoms with E-state index in [0.717, 1.165) is 33.6 Å². The molecule has 1 aliphatic heterocycles. The van der Waals surface area contributed by atoms with Gasteiger partial charge in [-0.05, 0) is 23.8 Å². The minimum Gasteiger partial charge on any atom is -0.480 e. The Bertz CT molecular complexity index is 1000. The summed E-state index contributed by atoms with van der Waals surface area (Å²) in [6.45, 7) is 2.47. The number of amides is 1. The largest absolute Gasteiger partial charge is 0.480 e. The number of anilines is 1. The van der Waals surface area contributed by atoms with Crippen LogP contribution in [0.3, 0.4) is 0 Å². The molecular weight excluding hydrogens is 338 g/mol. The number of nitrogens with zero attached hydrogens (tertiary/aromatic N) is 2. The molecule has 27 heavy (non-hydrogen) atoms. The Hall–Kier alpha value is -3.08. The Balaban J connectivity index is 1.55. The first-order chi connectivity index (χ1) is 13.0. The van der Waals surface area contributed by atoms with Crippen LogP contribution in [0.4, 0.5) is 5.82 Å². The molecule has 0 saturated carbocycles. The number of rotatable bonds is 4. The molecule has 2 atom stereocenters. The third-order valence-electron chi connectivity index (χ3n) is 5.08. The van der Waals surface area contributed by atoms with Crippen molar-refractivity contribution in [3.8, 4) is 5.75 Å². The third kappa shape index (κ3) is 3.21. The summed E-state index contributed by atoms with van der Waals surface area (Å²) >= 11 is 0. The Morgan fingerprint density at radius 1 is 1.15 bits per heavy atom. The first kappa shape index (κ1) is 17.3. The molecule has 1 aliphatic rings. The minimum atomic E-state index is -0.496. The zero-order valence-electron chi connectivity index (χ0n) is 15.8. The Morgan fingerprint density at radius 2 is 1.89 bits per heavy atom. The second kappa shape index (κ2) is 6.91. The van der Waals surface area contributed by atoms with Gasteiger partial charge in [-0.3, -0.25) is 4.79 Å². The Labute approximate surface area is 159 Å². The molecule has 0 spiro atoms. The topological polar surface area (TPSA) is 54.5 Å². The van der Waals surface area contributed by atoms with Gasteiger partial charge in [0.15, 0.2) is 6.10 Å². The van der Waals surface area contributed by atoms with Crippen LogP contribution in [0, 0.1) is 0 Å².